The fourth-order valence-electron chi connectivity index (χ4n) is 1.73. The number of nitrogens with zero attached hydrogens (tertiary/aromatic N) is 3. The molecule has 9 heteroatoms. The number of nitrogen functional groups attached to an aromatic ring is 2. The highest BCUT2D eigenvalue weighted by atomic mass is 32.2. The van der Waals surface area contributed by atoms with E-state index in [9.17, 15) is 10.1 Å². The average Bonchev–Trinajstić information content (AvgIpc) is 2.37. The van der Waals surface area contributed by atoms with Gasteiger partial charge in [-0.2, -0.15) is 0 Å². The van der Waals surface area contributed by atoms with Crippen LogP contribution in [0.25, 0.3) is 0 Å². The van der Waals surface area contributed by atoms with Crippen LogP contribution < -0.4 is 16.8 Å². The van der Waals surface area contributed by atoms with Crippen LogP contribution in [0.5, 0.6) is 0 Å². The SMILES string of the molecule is CCNc1cccc(Sc2nc(N)cc(N)n2)c1[N+](=O)[O-]. The molecule has 8 nitrogen and oxygen atoms in total. The summed E-state index contributed by atoms with van der Waals surface area (Å²) in [6, 6.07) is 6.43. The fourth-order valence-corrected chi connectivity index (χ4v) is 2.66. The van der Waals surface area contributed by atoms with E-state index in [2.05, 4.69) is 15.3 Å². The Kier molecular flexibility index (Phi) is 4.43. The minimum Gasteiger partial charge on any atom is -0.383 e. The molecule has 0 aliphatic carbocycles. The number of hydrogen-bond donors (Lipinski definition) is 3. The molecular formula is C12H14N6O2S. The van der Waals surface area contributed by atoms with Crippen molar-refractivity contribution in [2.24, 2.45) is 0 Å². The first-order chi connectivity index (χ1) is 10.0. The summed E-state index contributed by atoms with van der Waals surface area (Å²) < 4.78 is 0. The predicted octanol–water partition coefficient (Wildman–Crippen LogP) is 2.13. The smallest absolute Gasteiger partial charge is 0.306 e. The maximum atomic E-state index is 11.3. The van der Waals surface area contributed by atoms with Gasteiger partial charge in [0.05, 0.1) is 9.82 Å². The van der Waals surface area contributed by atoms with Crippen molar-refractivity contribution < 1.29 is 4.92 Å². The zero-order chi connectivity index (χ0) is 15.4. The van der Waals surface area contributed by atoms with Crippen molar-refractivity contribution in [3.8, 4) is 0 Å². The first-order valence-electron chi connectivity index (χ1n) is 6.10. The van der Waals surface area contributed by atoms with Gasteiger partial charge in [0.2, 0.25) is 0 Å². The van der Waals surface area contributed by atoms with Crippen molar-refractivity contribution in [3.63, 3.8) is 0 Å². The molecule has 0 radical (unpaired) electrons. The van der Waals surface area contributed by atoms with E-state index in [1.807, 2.05) is 6.92 Å². The fraction of sp³-hybridized carbons (Fsp3) is 0.167. The summed E-state index contributed by atoms with van der Waals surface area (Å²) in [5.41, 5.74) is 11.6. The third-order valence-electron chi connectivity index (χ3n) is 2.50. The van der Waals surface area contributed by atoms with Crippen LogP contribution in [0.15, 0.2) is 34.3 Å². The number of nitrogens with one attached hydrogen (secondary N) is 1. The molecule has 0 saturated carbocycles. The van der Waals surface area contributed by atoms with Crippen molar-refractivity contribution >= 4 is 34.8 Å². The molecule has 2 aromatic rings. The van der Waals surface area contributed by atoms with E-state index in [0.29, 0.717) is 17.1 Å². The molecule has 0 spiro atoms. The molecule has 0 fully saturated rings. The van der Waals surface area contributed by atoms with Gasteiger partial charge in [0.25, 0.3) is 0 Å². The average molecular weight is 306 g/mol. The zero-order valence-electron chi connectivity index (χ0n) is 11.2. The lowest BCUT2D eigenvalue weighted by atomic mass is 10.2. The number of hydrogen-bond acceptors (Lipinski definition) is 8. The molecule has 2 rings (SSSR count). The van der Waals surface area contributed by atoms with E-state index in [1.54, 1.807) is 18.2 Å². The van der Waals surface area contributed by atoms with E-state index in [4.69, 9.17) is 11.5 Å². The molecule has 1 aromatic heterocycles. The van der Waals surface area contributed by atoms with Gasteiger partial charge in [-0.25, -0.2) is 9.97 Å². The van der Waals surface area contributed by atoms with Crippen molar-refractivity contribution in [3.05, 3.63) is 34.4 Å². The molecule has 0 aliphatic rings. The van der Waals surface area contributed by atoms with Gasteiger partial charge in [-0.15, -0.1) is 0 Å². The van der Waals surface area contributed by atoms with Crippen molar-refractivity contribution in [1.29, 1.82) is 0 Å². The molecule has 0 amide bonds. The maximum Gasteiger partial charge on any atom is 0.306 e. The minimum absolute atomic E-state index is 0.0195. The lowest BCUT2D eigenvalue weighted by molar-refractivity contribution is -0.386. The molecule has 1 aromatic carbocycles. The van der Waals surface area contributed by atoms with Gasteiger partial charge >= 0.3 is 5.69 Å². The van der Waals surface area contributed by atoms with E-state index in [1.165, 1.54) is 6.07 Å². The highest BCUT2D eigenvalue weighted by molar-refractivity contribution is 7.99. The molecule has 1 heterocycles. The number of rotatable bonds is 5. The third kappa shape index (κ3) is 3.51. The van der Waals surface area contributed by atoms with E-state index >= 15 is 0 Å². The Labute approximate surface area is 125 Å². The van der Waals surface area contributed by atoms with Gasteiger partial charge in [-0.1, -0.05) is 6.07 Å². The van der Waals surface area contributed by atoms with Gasteiger partial charge in [0, 0.05) is 12.6 Å². The lowest BCUT2D eigenvalue weighted by Gasteiger charge is -2.08. The van der Waals surface area contributed by atoms with Crippen LogP contribution in [-0.2, 0) is 0 Å². The standard InChI is InChI=1S/C12H14N6O2S/c1-2-15-7-4-3-5-8(11(7)18(19)20)21-12-16-9(13)6-10(14)17-12/h3-6,15H,2H2,1H3,(H4,13,14,16,17). The first kappa shape index (κ1) is 14.9. The van der Waals surface area contributed by atoms with Crippen LogP contribution >= 0.6 is 11.8 Å². The Hall–Kier alpha value is -2.55. The second-order valence-corrected chi connectivity index (χ2v) is 5.05. The quantitative estimate of drug-likeness (QED) is 0.434. The maximum absolute atomic E-state index is 11.3. The first-order valence-corrected chi connectivity index (χ1v) is 6.92. The highest BCUT2D eigenvalue weighted by Crippen LogP contribution is 2.38. The van der Waals surface area contributed by atoms with Crippen molar-refractivity contribution in [2.75, 3.05) is 23.3 Å². The van der Waals surface area contributed by atoms with Crippen LogP contribution in [0, 0.1) is 10.1 Å². The topological polar surface area (TPSA) is 133 Å². The molecule has 0 aliphatic heterocycles. The van der Waals surface area contributed by atoms with Crippen molar-refractivity contribution in [2.45, 2.75) is 17.0 Å². The van der Waals surface area contributed by atoms with Crippen LogP contribution in [0.1, 0.15) is 6.92 Å². The second-order valence-electron chi connectivity index (χ2n) is 4.04. The Morgan fingerprint density at radius 2 is 2.00 bits per heavy atom. The summed E-state index contributed by atoms with van der Waals surface area (Å²) in [5, 5.41) is 14.5. The van der Waals surface area contributed by atoms with Gasteiger partial charge in [-0.05, 0) is 30.8 Å². The molecule has 0 saturated heterocycles. The minimum atomic E-state index is -0.435. The number of anilines is 3. The van der Waals surface area contributed by atoms with Crippen LogP contribution in [-0.4, -0.2) is 21.4 Å². The predicted molar refractivity (Wildman–Crippen MR) is 82.2 cm³/mol. The van der Waals surface area contributed by atoms with E-state index < -0.39 is 4.92 Å². The van der Waals surface area contributed by atoms with Gasteiger partial charge < -0.3 is 16.8 Å². The number of para-hydroxylation sites is 1. The third-order valence-corrected chi connectivity index (χ3v) is 3.41. The number of nitro groups is 1. The van der Waals surface area contributed by atoms with E-state index in [-0.39, 0.29) is 22.5 Å². The van der Waals surface area contributed by atoms with Gasteiger partial charge in [-0.3, -0.25) is 10.1 Å². The Bertz CT molecular complexity index is 659. The summed E-state index contributed by atoms with van der Waals surface area (Å²) in [6.45, 7) is 2.45. The summed E-state index contributed by atoms with van der Waals surface area (Å²) in [7, 11) is 0. The Morgan fingerprint density at radius 1 is 1.33 bits per heavy atom. The molecule has 0 atom stereocenters. The molecule has 0 unspecified atom stereocenters. The van der Waals surface area contributed by atoms with Crippen LogP contribution in [0.3, 0.4) is 0 Å². The number of benzene rings is 1. The highest BCUT2D eigenvalue weighted by Gasteiger charge is 2.21. The second kappa shape index (κ2) is 6.27. The molecular weight excluding hydrogens is 292 g/mol. The monoisotopic (exact) mass is 306 g/mol. The summed E-state index contributed by atoms with van der Waals surface area (Å²) in [5.74, 6) is 0.436. The summed E-state index contributed by atoms with van der Waals surface area (Å²) >= 11 is 1.05. The summed E-state index contributed by atoms with van der Waals surface area (Å²) in [6.07, 6.45) is 0. The largest absolute Gasteiger partial charge is 0.383 e. The van der Waals surface area contributed by atoms with Gasteiger partial charge in [0.15, 0.2) is 5.16 Å². The molecule has 0 bridgehead atoms. The zero-order valence-corrected chi connectivity index (χ0v) is 12.1. The number of nitrogens with two attached hydrogens (primary N) is 2. The van der Waals surface area contributed by atoms with Crippen LogP contribution in [0.2, 0.25) is 0 Å². The summed E-state index contributed by atoms with van der Waals surface area (Å²) in [4.78, 5) is 19.3. The number of aromatic nitrogens is 2. The molecule has 110 valence electrons. The Balaban J connectivity index is 2.43. The van der Waals surface area contributed by atoms with Crippen LogP contribution in [0.4, 0.5) is 23.0 Å². The van der Waals surface area contributed by atoms with Gasteiger partial charge in [0.1, 0.15) is 17.3 Å². The normalized spacial score (nSPS) is 10.3. The number of nitro benzene ring substituents is 1. The molecule has 21 heavy (non-hydrogen) atoms. The van der Waals surface area contributed by atoms with Crippen molar-refractivity contribution in [1.82, 2.24) is 9.97 Å². The lowest BCUT2D eigenvalue weighted by Crippen LogP contribution is -2.03. The van der Waals surface area contributed by atoms with E-state index in [0.717, 1.165) is 11.8 Å². The Morgan fingerprint density at radius 3 is 2.57 bits per heavy atom. The molecule has 5 N–H and O–H groups in total.